The minimum absolute atomic E-state index is 0.0556. The smallest absolute Gasteiger partial charge is 0.328 e. The molecule has 0 spiro atoms. The molecular weight excluding hydrogens is 208 g/mol. The van der Waals surface area contributed by atoms with Gasteiger partial charge in [-0.1, -0.05) is 13.8 Å². The monoisotopic (exact) mass is 228 g/mol. The van der Waals surface area contributed by atoms with Crippen LogP contribution >= 0.6 is 0 Å². The van der Waals surface area contributed by atoms with Crippen LogP contribution in [0.15, 0.2) is 0 Å². The number of rotatable bonds is 5. The fourth-order valence-electron chi connectivity index (χ4n) is 1.65. The number of carbonyl (C=O) groups is 2. The van der Waals surface area contributed by atoms with E-state index in [2.05, 4.69) is 15.4 Å². The first kappa shape index (κ1) is 13.0. The molecule has 1 fully saturated rings. The van der Waals surface area contributed by atoms with Gasteiger partial charge >= 0.3 is 5.97 Å². The molecule has 0 aromatic rings. The predicted molar refractivity (Wildman–Crippen MR) is 59.8 cm³/mol. The summed E-state index contributed by atoms with van der Waals surface area (Å²) in [5.74, 6) is -0.117. The van der Waals surface area contributed by atoms with E-state index in [1.807, 2.05) is 13.8 Å². The maximum absolute atomic E-state index is 11.8. The lowest BCUT2D eigenvalue weighted by molar-refractivity contribution is -0.146. The lowest BCUT2D eigenvalue weighted by Gasteiger charge is -2.32. The standard InChI is InChI=1S/C11H20N2O3/c1-4-9(11(15)16-3)13-10(14)7(2)8-5-12-6-8/h7-9,12H,4-6H2,1-3H3,(H,13,14). The third-order valence-electron chi connectivity index (χ3n) is 3.14. The van der Waals surface area contributed by atoms with Gasteiger partial charge in [-0.05, 0) is 25.4 Å². The number of carbonyl (C=O) groups excluding carboxylic acids is 2. The number of methoxy groups -OCH3 is 1. The predicted octanol–water partition coefficient (Wildman–Crippen LogP) is -0.0903. The van der Waals surface area contributed by atoms with Gasteiger partial charge in [0.15, 0.2) is 0 Å². The molecule has 2 atom stereocenters. The molecule has 92 valence electrons. The molecule has 1 saturated heterocycles. The highest BCUT2D eigenvalue weighted by molar-refractivity contribution is 5.85. The molecule has 1 rings (SSSR count). The molecule has 0 aromatic carbocycles. The van der Waals surface area contributed by atoms with E-state index in [1.54, 1.807) is 0 Å². The average molecular weight is 228 g/mol. The Kier molecular flexibility index (Phi) is 4.73. The van der Waals surface area contributed by atoms with Gasteiger partial charge in [0.2, 0.25) is 5.91 Å². The van der Waals surface area contributed by atoms with Crippen LogP contribution < -0.4 is 10.6 Å². The molecule has 2 unspecified atom stereocenters. The lowest BCUT2D eigenvalue weighted by atomic mass is 9.88. The van der Waals surface area contributed by atoms with Crippen LogP contribution in [0.1, 0.15) is 20.3 Å². The minimum Gasteiger partial charge on any atom is -0.467 e. The van der Waals surface area contributed by atoms with E-state index in [1.165, 1.54) is 7.11 Å². The summed E-state index contributed by atoms with van der Waals surface area (Å²) in [5.41, 5.74) is 0. The van der Waals surface area contributed by atoms with Crippen molar-refractivity contribution in [3.8, 4) is 0 Å². The van der Waals surface area contributed by atoms with Crippen molar-refractivity contribution >= 4 is 11.9 Å². The molecule has 0 saturated carbocycles. The van der Waals surface area contributed by atoms with Crippen LogP contribution in [0.3, 0.4) is 0 Å². The quantitative estimate of drug-likeness (QED) is 0.645. The lowest BCUT2D eigenvalue weighted by Crippen LogP contribution is -2.52. The topological polar surface area (TPSA) is 67.4 Å². The van der Waals surface area contributed by atoms with E-state index in [0.29, 0.717) is 12.3 Å². The Morgan fingerprint density at radius 3 is 2.50 bits per heavy atom. The third kappa shape index (κ3) is 2.95. The maximum atomic E-state index is 11.8. The van der Waals surface area contributed by atoms with Crippen molar-refractivity contribution in [1.29, 1.82) is 0 Å². The Balaban J connectivity index is 2.44. The van der Waals surface area contributed by atoms with Gasteiger partial charge in [0, 0.05) is 5.92 Å². The summed E-state index contributed by atoms with van der Waals surface area (Å²) in [4.78, 5) is 23.1. The molecule has 5 nitrogen and oxygen atoms in total. The van der Waals surface area contributed by atoms with Crippen molar-refractivity contribution in [2.45, 2.75) is 26.3 Å². The summed E-state index contributed by atoms with van der Waals surface area (Å²) in [6.45, 7) is 5.50. The highest BCUT2D eigenvalue weighted by Crippen LogP contribution is 2.16. The van der Waals surface area contributed by atoms with E-state index in [0.717, 1.165) is 13.1 Å². The number of amides is 1. The van der Waals surface area contributed by atoms with Crippen LogP contribution in [0.25, 0.3) is 0 Å². The van der Waals surface area contributed by atoms with Gasteiger partial charge in [0.25, 0.3) is 0 Å². The first-order valence-electron chi connectivity index (χ1n) is 5.69. The second-order valence-corrected chi connectivity index (χ2v) is 4.20. The Morgan fingerprint density at radius 2 is 2.12 bits per heavy atom. The second-order valence-electron chi connectivity index (χ2n) is 4.20. The van der Waals surface area contributed by atoms with Gasteiger partial charge in [0.1, 0.15) is 6.04 Å². The minimum atomic E-state index is -0.520. The second kappa shape index (κ2) is 5.84. The molecular formula is C11H20N2O3. The van der Waals surface area contributed by atoms with E-state index >= 15 is 0 Å². The van der Waals surface area contributed by atoms with Crippen molar-refractivity contribution in [2.24, 2.45) is 11.8 Å². The van der Waals surface area contributed by atoms with Crippen LogP contribution in [0.4, 0.5) is 0 Å². The number of ether oxygens (including phenoxy) is 1. The van der Waals surface area contributed by atoms with Gasteiger partial charge < -0.3 is 15.4 Å². The molecule has 0 radical (unpaired) electrons. The summed E-state index contributed by atoms with van der Waals surface area (Å²) in [6, 6.07) is -0.520. The Morgan fingerprint density at radius 1 is 1.50 bits per heavy atom. The number of esters is 1. The van der Waals surface area contributed by atoms with Crippen LogP contribution in [-0.2, 0) is 14.3 Å². The molecule has 1 heterocycles. The molecule has 1 amide bonds. The number of hydrogen-bond acceptors (Lipinski definition) is 4. The van der Waals surface area contributed by atoms with E-state index in [-0.39, 0.29) is 17.8 Å². The van der Waals surface area contributed by atoms with Crippen molar-refractivity contribution in [2.75, 3.05) is 20.2 Å². The normalized spacial score (nSPS) is 19.4. The Labute approximate surface area is 95.9 Å². The fraction of sp³-hybridized carbons (Fsp3) is 0.818. The van der Waals surface area contributed by atoms with Gasteiger partial charge in [-0.2, -0.15) is 0 Å². The molecule has 0 aromatic heterocycles. The summed E-state index contributed by atoms with van der Waals surface area (Å²) in [7, 11) is 1.33. The van der Waals surface area contributed by atoms with Gasteiger partial charge in [-0.3, -0.25) is 4.79 Å². The highest BCUT2D eigenvalue weighted by Gasteiger charge is 2.30. The zero-order valence-electron chi connectivity index (χ0n) is 10.1. The van der Waals surface area contributed by atoms with Crippen LogP contribution in [-0.4, -0.2) is 38.1 Å². The van der Waals surface area contributed by atoms with Gasteiger partial charge in [0.05, 0.1) is 7.11 Å². The highest BCUT2D eigenvalue weighted by atomic mass is 16.5. The Bertz CT molecular complexity index is 264. The first-order chi connectivity index (χ1) is 7.60. The van der Waals surface area contributed by atoms with Crippen molar-refractivity contribution in [3.63, 3.8) is 0 Å². The maximum Gasteiger partial charge on any atom is 0.328 e. The average Bonchev–Trinajstić information content (AvgIpc) is 2.21. The molecule has 16 heavy (non-hydrogen) atoms. The largest absolute Gasteiger partial charge is 0.467 e. The molecule has 0 bridgehead atoms. The summed E-state index contributed by atoms with van der Waals surface area (Å²) < 4.78 is 4.62. The number of nitrogens with one attached hydrogen (secondary N) is 2. The molecule has 1 aliphatic rings. The molecule has 0 aliphatic carbocycles. The van der Waals surface area contributed by atoms with Crippen molar-refractivity contribution in [3.05, 3.63) is 0 Å². The van der Waals surface area contributed by atoms with Gasteiger partial charge in [-0.15, -0.1) is 0 Å². The summed E-state index contributed by atoms with van der Waals surface area (Å²) in [6.07, 6.45) is 0.550. The Hall–Kier alpha value is -1.10. The summed E-state index contributed by atoms with van der Waals surface area (Å²) >= 11 is 0. The van der Waals surface area contributed by atoms with E-state index in [9.17, 15) is 9.59 Å². The molecule has 2 N–H and O–H groups in total. The van der Waals surface area contributed by atoms with E-state index < -0.39 is 6.04 Å². The zero-order chi connectivity index (χ0) is 12.1. The summed E-state index contributed by atoms with van der Waals surface area (Å²) in [5, 5.41) is 5.85. The molecule has 1 aliphatic heterocycles. The van der Waals surface area contributed by atoms with E-state index in [4.69, 9.17) is 0 Å². The van der Waals surface area contributed by atoms with Crippen molar-refractivity contribution < 1.29 is 14.3 Å². The first-order valence-corrected chi connectivity index (χ1v) is 5.69. The molecule has 5 heteroatoms. The SMILES string of the molecule is CCC(NC(=O)C(C)C1CNC1)C(=O)OC. The van der Waals surface area contributed by atoms with Crippen LogP contribution in [0.2, 0.25) is 0 Å². The van der Waals surface area contributed by atoms with Gasteiger partial charge in [-0.25, -0.2) is 4.79 Å². The van der Waals surface area contributed by atoms with Crippen molar-refractivity contribution in [1.82, 2.24) is 10.6 Å². The van der Waals surface area contributed by atoms with Crippen LogP contribution in [0.5, 0.6) is 0 Å². The third-order valence-corrected chi connectivity index (χ3v) is 3.14. The fourth-order valence-corrected chi connectivity index (χ4v) is 1.65. The number of hydrogen-bond donors (Lipinski definition) is 2. The zero-order valence-corrected chi connectivity index (χ0v) is 10.1. The van der Waals surface area contributed by atoms with Crippen LogP contribution in [0, 0.1) is 11.8 Å².